The number of benzene rings is 3. The summed E-state index contributed by atoms with van der Waals surface area (Å²) in [7, 11) is -4.08. The lowest BCUT2D eigenvalue weighted by Crippen LogP contribution is -2.53. The standard InChI is InChI=1S/C31H38BrN3O4S/c1-4-6-21-33-31(37)29(5-2)34(22-20-25-10-8-7-9-11-25)30(36)23-35(27-16-14-26(32)15-17-27)40(38,39)28-18-12-24(3)13-19-28/h7-19,29H,4-6,20-23H2,1-3H3,(H,33,37). The molecule has 9 heteroatoms. The first-order chi connectivity index (χ1) is 19.2. The molecule has 3 aromatic rings. The van der Waals surface area contributed by atoms with E-state index in [0.29, 0.717) is 25.1 Å². The van der Waals surface area contributed by atoms with Gasteiger partial charge in [0.2, 0.25) is 11.8 Å². The van der Waals surface area contributed by atoms with Crippen LogP contribution in [-0.2, 0) is 26.0 Å². The van der Waals surface area contributed by atoms with Crippen molar-refractivity contribution in [2.24, 2.45) is 0 Å². The highest BCUT2D eigenvalue weighted by atomic mass is 79.9. The number of nitrogens with zero attached hydrogens (tertiary/aromatic N) is 2. The Balaban J connectivity index is 1.97. The Hall–Kier alpha value is -3.17. The minimum atomic E-state index is -4.08. The highest BCUT2D eigenvalue weighted by molar-refractivity contribution is 9.10. The highest BCUT2D eigenvalue weighted by Gasteiger charge is 2.33. The van der Waals surface area contributed by atoms with E-state index >= 15 is 0 Å². The fourth-order valence-corrected chi connectivity index (χ4v) is 6.05. The molecule has 7 nitrogen and oxygen atoms in total. The highest BCUT2D eigenvalue weighted by Crippen LogP contribution is 2.26. The zero-order chi connectivity index (χ0) is 29.1. The van der Waals surface area contributed by atoms with Crippen molar-refractivity contribution < 1.29 is 18.0 Å². The van der Waals surface area contributed by atoms with E-state index in [1.165, 1.54) is 4.90 Å². The van der Waals surface area contributed by atoms with Crippen LogP contribution in [0.2, 0.25) is 0 Å². The minimum absolute atomic E-state index is 0.0917. The number of halogens is 1. The number of carbonyl (C=O) groups is 2. The van der Waals surface area contributed by atoms with Gasteiger partial charge in [0.1, 0.15) is 12.6 Å². The van der Waals surface area contributed by atoms with Crippen molar-refractivity contribution in [2.75, 3.05) is 23.9 Å². The van der Waals surface area contributed by atoms with Crippen LogP contribution >= 0.6 is 15.9 Å². The summed E-state index contributed by atoms with van der Waals surface area (Å²) >= 11 is 3.40. The van der Waals surface area contributed by atoms with Crippen LogP contribution < -0.4 is 9.62 Å². The van der Waals surface area contributed by atoms with Crippen LogP contribution in [0.15, 0.2) is 88.2 Å². The van der Waals surface area contributed by atoms with Crippen molar-refractivity contribution in [1.82, 2.24) is 10.2 Å². The van der Waals surface area contributed by atoms with Crippen LogP contribution in [0, 0.1) is 6.92 Å². The Labute approximate surface area is 246 Å². The normalized spacial score (nSPS) is 12.0. The van der Waals surface area contributed by atoms with Crippen molar-refractivity contribution >= 4 is 43.5 Å². The third kappa shape index (κ3) is 8.41. The number of anilines is 1. The van der Waals surface area contributed by atoms with Crippen LogP contribution in [-0.4, -0.2) is 50.8 Å². The molecule has 0 spiro atoms. The van der Waals surface area contributed by atoms with Gasteiger partial charge in [0.05, 0.1) is 10.6 Å². The zero-order valence-corrected chi connectivity index (χ0v) is 25.7. The molecule has 1 unspecified atom stereocenters. The van der Waals surface area contributed by atoms with Gasteiger partial charge in [0, 0.05) is 17.6 Å². The number of rotatable bonds is 14. The molecule has 3 aromatic carbocycles. The number of unbranched alkanes of at least 4 members (excludes halogenated alkanes) is 1. The van der Waals surface area contributed by atoms with Crippen LogP contribution in [0.25, 0.3) is 0 Å². The second-order valence-electron chi connectivity index (χ2n) is 9.69. The zero-order valence-electron chi connectivity index (χ0n) is 23.3. The minimum Gasteiger partial charge on any atom is -0.354 e. The molecule has 0 radical (unpaired) electrons. The lowest BCUT2D eigenvalue weighted by atomic mass is 10.1. The molecule has 0 bridgehead atoms. The van der Waals surface area contributed by atoms with Crippen molar-refractivity contribution in [1.29, 1.82) is 0 Å². The molecule has 1 N–H and O–H groups in total. The maximum Gasteiger partial charge on any atom is 0.264 e. The van der Waals surface area contributed by atoms with Gasteiger partial charge in [0.25, 0.3) is 10.0 Å². The SMILES string of the molecule is CCCCNC(=O)C(CC)N(CCc1ccccc1)C(=O)CN(c1ccc(Br)cc1)S(=O)(=O)c1ccc(C)cc1. The molecule has 0 aliphatic rings. The number of hydrogen-bond acceptors (Lipinski definition) is 4. The molecule has 0 aliphatic carbocycles. The number of amides is 2. The first-order valence-corrected chi connectivity index (χ1v) is 15.9. The summed E-state index contributed by atoms with van der Waals surface area (Å²) < 4.78 is 29.7. The number of carbonyl (C=O) groups excluding carboxylic acids is 2. The van der Waals surface area contributed by atoms with E-state index in [2.05, 4.69) is 21.2 Å². The summed E-state index contributed by atoms with van der Waals surface area (Å²) in [5, 5.41) is 2.95. The van der Waals surface area contributed by atoms with Gasteiger partial charge in [-0.3, -0.25) is 13.9 Å². The first-order valence-electron chi connectivity index (χ1n) is 13.6. The van der Waals surface area contributed by atoms with Gasteiger partial charge in [-0.25, -0.2) is 8.42 Å². The first kappa shape index (κ1) is 31.4. The van der Waals surface area contributed by atoms with Crippen molar-refractivity contribution in [3.05, 3.63) is 94.5 Å². The van der Waals surface area contributed by atoms with E-state index in [1.807, 2.05) is 51.1 Å². The van der Waals surface area contributed by atoms with Gasteiger partial charge >= 0.3 is 0 Å². The van der Waals surface area contributed by atoms with Gasteiger partial charge in [0.15, 0.2) is 0 Å². The summed E-state index contributed by atoms with van der Waals surface area (Å²) in [5.74, 6) is -0.666. The number of hydrogen-bond donors (Lipinski definition) is 1. The van der Waals surface area contributed by atoms with Crippen molar-refractivity contribution in [2.45, 2.75) is 57.4 Å². The molecule has 0 aliphatic heterocycles. The second-order valence-corrected chi connectivity index (χ2v) is 12.5. The van der Waals surface area contributed by atoms with E-state index in [0.717, 1.165) is 32.7 Å². The van der Waals surface area contributed by atoms with Gasteiger partial charge in [-0.15, -0.1) is 0 Å². The average molecular weight is 629 g/mol. The van der Waals surface area contributed by atoms with E-state index < -0.39 is 28.5 Å². The summed E-state index contributed by atoms with van der Waals surface area (Å²) in [6.07, 6.45) is 2.72. The smallest absolute Gasteiger partial charge is 0.264 e. The molecule has 0 heterocycles. The summed E-state index contributed by atoms with van der Waals surface area (Å²) in [6, 6.07) is 22.4. The van der Waals surface area contributed by atoms with Gasteiger partial charge in [-0.05, 0) is 68.1 Å². The predicted molar refractivity (Wildman–Crippen MR) is 164 cm³/mol. The monoisotopic (exact) mass is 627 g/mol. The van der Waals surface area contributed by atoms with Crippen LogP contribution in [0.1, 0.15) is 44.2 Å². The molecule has 0 saturated heterocycles. The Kier molecular flexibility index (Phi) is 11.8. The van der Waals surface area contributed by atoms with Crippen molar-refractivity contribution in [3.63, 3.8) is 0 Å². The van der Waals surface area contributed by atoms with Gasteiger partial charge < -0.3 is 10.2 Å². The van der Waals surface area contributed by atoms with E-state index in [9.17, 15) is 18.0 Å². The fraction of sp³-hybridized carbons (Fsp3) is 0.355. The van der Waals surface area contributed by atoms with E-state index in [4.69, 9.17) is 0 Å². The van der Waals surface area contributed by atoms with Gasteiger partial charge in [-0.2, -0.15) is 0 Å². The maximum atomic E-state index is 14.0. The lowest BCUT2D eigenvalue weighted by molar-refractivity contribution is -0.139. The summed E-state index contributed by atoms with van der Waals surface area (Å²) in [4.78, 5) is 28.8. The molecule has 2 amide bonds. The Morgan fingerprint density at radius 1 is 0.925 bits per heavy atom. The predicted octanol–water partition coefficient (Wildman–Crippen LogP) is 5.72. The fourth-order valence-electron chi connectivity index (χ4n) is 4.38. The number of sulfonamides is 1. The molecule has 1 atom stereocenters. The quantitative estimate of drug-likeness (QED) is 0.232. The molecule has 214 valence electrons. The number of aryl methyl sites for hydroxylation is 1. The van der Waals surface area contributed by atoms with Gasteiger partial charge in [-0.1, -0.05) is 84.2 Å². The van der Waals surface area contributed by atoms with Crippen LogP contribution in [0.5, 0.6) is 0 Å². The second kappa shape index (κ2) is 15.0. The van der Waals surface area contributed by atoms with E-state index in [-0.39, 0.29) is 17.3 Å². The average Bonchev–Trinajstić information content (AvgIpc) is 2.95. The molecule has 3 rings (SSSR count). The Bertz CT molecular complexity index is 1350. The Morgan fingerprint density at radius 2 is 1.57 bits per heavy atom. The van der Waals surface area contributed by atoms with E-state index in [1.54, 1.807) is 48.5 Å². The lowest BCUT2D eigenvalue weighted by Gasteiger charge is -2.33. The summed E-state index contributed by atoms with van der Waals surface area (Å²) in [5.41, 5.74) is 2.32. The third-order valence-electron chi connectivity index (χ3n) is 6.70. The summed E-state index contributed by atoms with van der Waals surface area (Å²) in [6.45, 7) is 6.16. The van der Waals surface area contributed by atoms with Crippen LogP contribution in [0.4, 0.5) is 5.69 Å². The molecule has 40 heavy (non-hydrogen) atoms. The Morgan fingerprint density at radius 3 is 2.17 bits per heavy atom. The third-order valence-corrected chi connectivity index (χ3v) is 9.02. The molecule has 0 aromatic heterocycles. The topological polar surface area (TPSA) is 86.8 Å². The largest absolute Gasteiger partial charge is 0.354 e. The maximum absolute atomic E-state index is 14.0. The molecular formula is C31H38BrN3O4S. The number of nitrogens with one attached hydrogen (secondary N) is 1. The van der Waals surface area contributed by atoms with Crippen molar-refractivity contribution in [3.8, 4) is 0 Å². The van der Waals surface area contributed by atoms with Crippen LogP contribution in [0.3, 0.4) is 0 Å². The molecular weight excluding hydrogens is 590 g/mol. The molecule has 0 fully saturated rings. The molecule has 0 saturated carbocycles.